The van der Waals surface area contributed by atoms with Crippen LogP contribution in [0.4, 0.5) is 23.5 Å². The Labute approximate surface area is 307 Å². The maximum atomic E-state index is 13.7. The van der Waals surface area contributed by atoms with Crippen molar-refractivity contribution in [1.82, 2.24) is 20.2 Å². The van der Waals surface area contributed by atoms with E-state index in [-0.39, 0.29) is 23.7 Å². The highest BCUT2D eigenvalue weighted by atomic mass is 32.1. The van der Waals surface area contributed by atoms with Crippen molar-refractivity contribution in [2.24, 2.45) is 0 Å². The molecule has 2 heterocycles. The molecule has 4 aromatic rings. The normalized spacial score (nSPS) is 12.8. The number of hydrogen-bond donors (Lipinski definition) is 2. The third-order valence-corrected chi connectivity index (χ3v) is 10.1. The molecule has 0 saturated carbocycles. The van der Waals surface area contributed by atoms with Gasteiger partial charge in [-0.05, 0) is 92.7 Å². The summed E-state index contributed by atoms with van der Waals surface area (Å²) in [5, 5.41) is 6.30. The topological polar surface area (TPSA) is 96.4 Å². The van der Waals surface area contributed by atoms with Crippen molar-refractivity contribution in [3.8, 4) is 0 Å². The third-order valence-electron chi connectivity index (χ3n) is 8.93. The van der Waals surface area contributed by atoms with E-state index >= 15 is 0 Å². The fourth-order valence-electron chi connectivity index (χ4n) is 5.86. The van der Waals surface area contributed by atoms with Crippen molar-refractivity contribution in [2.75, 3.05) is 18.9 Å². The Balaban J connectivity index is 1.24. The molecule has 13 heteroatoms. The van der Waals surface area contributed by atoms with Gasteiger partial charge in [0, 0.05) is 58.8 Å². The summed E-state index contributed by atoms with van der Waals surface area (Å²) >= 11 is 1.34. The SMILES string of the molecule is CCCCC(CCNC(=O)c1ccc(CNc2nccc([C@@H](C)Cc3ccc(F)c(C)c3)n2)cc1)N(C)Cc1cc(C)c(COC(=O)C(F)(F)F)s1. The van der Waals surface area contributed by atoms with Crippen molar-refractivity contribution in [2.45, 2.75) is 97.6 Å². The van der Waals surface area contributed by atoms with E-state index in [0.717, 1.165) is 59.4 Å². The molecule has 0 radical (unpaired) electrons. The maximum Gasteiger partial charge on any atom is 0.490 e. The Kier molecular flexibility index (Phi) is 14.7. The summed E-state index contributed by atoms with van der Waals surface area (Å²) in [7, 11) is 2.00. The zero-order valence-corrected chi connectivity index (χ0v) is 31.1. The number of aryl methyl sites for hydroxylation is 2. The average Bonchev–Trinajstić information content (AvgIpc) is 3.46. The lowest BCUT2D eigenvalue weighted by atomic mass is 9.97. The van der Waals surface area contributed by atoms with Crippen LogP contribution in [0, 0.1) is 19.7 Å². The molecule has 1 unspecified atom stereocenters. The minimum atomic E-state index is -5.02. The minimum Gasteiger partial charge on any atom is -0.453 e. The van der Waals surface area contributed by atoms with Gasteiger partial charge in [-0.15, -0.1) is 11.3 Å². The van der Waals surface area contributed by atoms with Gasteiger partial charge in [0.15, 0.2) is 0 Å². The molecule has 0 spiro atoms. The lowest BCUT2D eigenvalue weighted by Gasteiger charge is -2.28. The number of nitrogens with one attached hydrogen (secondary N) is 2. The van der Waals surface area contributed by atoms with Crippen molar-refractivity contribution in [3.05, 3.63) is 110 Å². The first-order valence-corrected chi connectivity index (χ1v) is 18.3. The molecule has 2 N–H and O–H groups in total. The fourth-order valence-corrected chi connectivity index (χ4v) is 7.02. The number of anilines is 1. The van der Waals surface area contributed by atoms with Crippen molar-refractivity contribution < 1.29 is 31.9 Å². The molecule has 2 aromatic heterocycles. The van der Waals surface area contributed by atoms with Gasteiger partial charge in [-0.25, -0.2) is 19.2 Å². The van der Waals surface area contributed by atoms with Gasteiger partial charge in [-0.3, -0.25) is 9.69 Å². The molecule has 1 amide bonds. The number of unbranched alkanes of at least 4 members (excludes halogenated alkanes) is 1. The van der Waals surface area contributed by atoms with E-state index in [4.69, 9.17) is 0 Å². The number of carbonyl (C=O) groups excluding carboxylic acids is 2. The standard InChI is InChI=1S/C39H47F4N5O3S/c1-6-7-8-31(48(5)23-32-21-27(4)35(52-32)24-51-37(50)39(41,42)43)15-17-44-36(49)30-12-9-28(10-13-30)22-46-38-45-18-16-34(47-38)26(3)20-29-11-14-33(40)25(2)19-29/h9-14,16,18-19,21,26,31H,6-8,15,17,20,22-24H2,1-5H3,(H,44,49)(H,45,46,47)/t26-,31?/m0/s1. The van der Waals surface area contributed by atoms with Crippen LogP contribution < -0.4 is 10.6 Å². The second-order valence-electron chi connectivity index (χ2n) is 13.2. The summed E-state index contributed by atoms with van der Waals surface area (Å²) in [5.41, 5.74) is 4.86. The highest BCUT2D eigenvalue weighted by Gasteiger charge is 2.41. The largest absolute Gasteiger partial charge is 0.490 e. The number of esters is 1. The molecular formula is C39H47F4N5O3S. The van der Waals surface area contributed by atoms with E-state index < -0.39 is 18.8 Å². The number of benzene rings is 2. The number of halogens is 4. The third kappa shape index (κ3) is 12.1. The Bertz CT molecular complexity index is 1780. The van der Waals surface area contributed by atoms with Gasteiger partial charge in [0.25, 0.3) is 5.91 Å². The van der Waals surface area contributed by atoms with Gasteiger partial charge in [-0.2, -0.15) is 13.2 Å². The summed E-state index contributed by atoms with van der Waals surface area (Å²) in [6.45, 7) is 8.89. The number of nitrogens with zero attached hydrogens (tertiary/aromatic N) is 3. The first-order chi connectivity index (χ1) is 24.7. The summed E-state index contributed by atoms with van der Waals surface area (Å²) in [6.07, 6.45) is 1.14. The number of rotatable bonds is 18. The van der Waals surface area contributed by atoms with E-state index in [2.05, 4.69) is 44.1 Å². The number of alkyl halides is 3. The molecule has 280 valence electrons. The molecule has 2 aromatic carbocycles. The van der Waals surface area contributed by atoms with Gasteiger partial charge in [0.2, 0.25) is 5.95 Å². The van der Waals surface area contributed by atoms with Crippen LogP contribution in [0.25, 0.3) is 0 Å². The van der Waals surface area contributed by atoms with Crippen molar-refractivity contribution >= 4 is 29.2 Å². The second kappa shape index (κ2) is 18.9. The number of hydrogen-bond acceptors (Lipinski definition) is 8. The lowest BCUT2D eigenvalue weighted by molar-refractivity contribution is -0.200. The van der Waals surface area contributed by atoms with Gasteiger partial charge >= 0.3 is 12.1 Å². The van der Waals surface area contributed by atoms with Crippen LogP contribution in [-0.2, 0) is 35.6 Å². The van der Waals surface area contributed by atoms with Crippen LogP contribution in [-0.4, -0.2) is 52.6 Å². The van der Waals surface area contributed by atoms with E-state index in [0.29, 0.717) is 41.6 Å². The Morgan fingerprint density at radius 1 is 1.00 bits per heavy atom. The fraction of sp³-hybridized carbons (Fsp3) is 0.436. The molecule has 2 atom stereocenters. The van der Waals surface area contributed by atoms with Crippen LogP contribution in [0.3, 0.4) is 0 Å². The van der Waals surface area contributed by atoms with Gasteiger partial charge in [-0.1, -0.05) is 51.0 Å². The van der Waals surface area contributed by atoms with Crippen LogP contribution >= 0.6 is 11.3 Å². The quantitative estimate of drug-likeness (QED) is 0.0779. The van der Waals surface area contributed by atoms with Gasteiger partial charge in [0.05, 0.1) is 0 Å². The van der Waals surface area contributed by atoms with Gasteiger partial charge in [0.1, 0.15) is 12.4 Å². The number of thiophene rings is 1. The van der Waals surface area contributed by atoms with E-state index in [1.165, 1.54) is 17.4 Å². The zero-order valence-electron chi connectivity index (χ0n) is 30.3. The van der Waals surface area contributed by atoms with E-state index in [1.54, 1.807) is 38.2 Å². The molecule has 0 saturated heterocycles. The number of ether oxygens (including phenoxy) is 1. The van der Waals surface area contributed by atoms with E-state index in [1.807, 2.05) is 37.4 Å². The summed E-state index contributed by atoms with van der Waals surface area (Å²) in [4.78, 5) is 36.9. The summed E-state index contributed by atoms with van der Waals surface area (Å²) in [5.74, 6) is -1.95. The van der Waals surface area contributed by atoms with E-state index in [9.17, 15) is 27.2 Å². The summed E-state index contributed by atoms with van der Waals surface area (Å²) < 4.78 is 55.7. The monoisotopic (exact) mass is 741 g/mol. The van der Waals surface area contributed by atoms with Crippen molar-refractivity contribution in [1.29, 1.82) is 0 Å². The maximum absolute atomic E-state index is 13.7. The molecular weight excluding hydrogens is 695 g/mol. The second-order valence-corrected chi connectivity index (χ2v) is 14.4. The van der Waals surface area contributed by atoms with Crippen LogP contribution in [0.2, 0.25) is 0 Å². The number of carbonyl (C=O) groups is 2. The van der Waals surface area contributed by atoms with Crippen LogP contribution in [0.1, 0.15) is 93.5 Å². The molecule has 0 bridgehead atoms. The zero-order chi connectivity index (χ0) is 37.8. The highest BCUT2D eigenvalue weighted by Crippen LogP contribution is 2.27. The summed E-state index contributed by atoms with van der Waals surface area (Å²) in [6, 6.07) is 16.5. The first-order valence-electron chi connectivity index (χ1n) is 17.4. The molecule has 4 rings (SSSR count). The predicted molar refractivity (Wildman–Crippen MR) is 196 cm³/mol. The smallest absolute Gasteiger partial charge is 0.453 e. The molecule has 0 aliphatic heterocycles. The highest BCUT2D eigenvalue weighted by molar-refractivity contribution is 7.12. The molecule has 0 aliphatic carbocycles. The molecule has 52 heavy (non-hydrogen) atoms. The van der Waals surface area contributed by atoms with Crippen LogP contribution in [0.5, 0.6) is 0 Å². The molecule has 0 aliphatic rings. The lowest BCUT2D eigenvalue weighted by Crippen LogP contribution is -2.35. The van der Waals surface area contributed by atoms with Crippen LogP contribution in [0.15, 0.2) is 60.8 Å². The van der Waals surface area contributed by atoms with Crippen molar-refractivity contribution in [3.63, 3.8) is 0 Å². The minimum absolute atomic E-state index is 0.115. The number of amides is 1. The Morgan fingerprint density at radius 3 is 2.42 bits per heavy atom. The molecule has 8 nitrogen and oxygen atoms in total. The Morgan fingerprint density at radius 2 is 1.73 bits per heavy atom. The molecule has 0 fully saturated rings. The van der Waals surface area contributed by atoms with Gasteiger partial charge < -0.3 is 15.4 Å². The Hall–Kier alpha value is -4.36. The first kappa shape index (κ1) is 40.4. The number of aromatic nitrogens is 2. The average molecular weight is 742 g/mol. The predicted octanol–water partition coefficient (Wildman–Crippen LogP) is 8.67.